The smallest absolute Gasteiger partial charge is 0.132 e. The van der Waals surface area contributed by atoms with Gasteiger partial charge in [0.15, 0.2) is 0 Å². The molecule has 0 N–H and O–H groups in total. The number of fused-ring (bicyclic) bond motifs is 18. The summed E-state index contributed by atoms with van der Waals surface area (Å²) >= 11 is 0. The van der Waals surface area contributed by atoms with Gasteiger partial charge in [-0.2, -0.15) is 0 Å². The third-order valence-electron chi connectivity index (χ3n) is 16.8. The summed E-state index contributed by atoms with van der Waals surface area (Å²) in [6.07, 6.45) is 0. The molecule has 77 heavy (non-hydrogen) atoms. The molecule has 0 saturated carbocycles. The Kier molecular flexibility index (Phi) is 9.47. The van der Waals surface area contributed by atoms with Gasteiger partial charge in [0.2, 0.25) is 0 Å². The van der Waals surface area contributed by atoms with E-state index < -0.39 is 10.8 Å². The first-order valence-electron chi connectivity index (χ1n) is 26.6. The molecular formula is C74H47NO2. The monoisotopic (exact) mass is 981 g/mol. The van der Waals surface area contributed by atoms with E-state index in [1.54, 1.807) is 0 Å². The van der Waals surface area contributed by atoms with Crippen molar-refractivity contribution in [3.8, 4) is 78.6 Å². The largest absolute Gasteiger partial charge is 0.457 e. The van der Waals surface area contributed by atoms with Crippen LogP contribution in [0.15, 0.2) is 285 Å². The lowest BCUT2D eigenvalue weighted by Gasteiger charge is -2.39. The van der Waals surface area contributed by atoms with Crippen LogP contribution in [0.1, 0.15) is 44.5 Å². The Morgan fingerprint density at radius 3 is 1.03 bits per heavy atom. The minimum Gasteiger partial charge on any atom is -0.457 e. The zero-order valence-corrected chi connectivity index (χ0v) is 41.9. The second-order valence-electron chi connectivity index (χ2n) is 20.6. The lowest BCUT2D eigenvalue weighted by atomic mass is 9.66. The molecule has 0 aromatic heterocycles. The summed E-state index contributed by atoms with van der Waals surface area (Å²) in [6, 6.07) is 104. The number of para-hydroxylation sites is 7. The van der Waals surface area contributed by atoms with Gasteiger partial charge in [-0.3, -0.25) is 0 Å². The molecule has 12 aromatic carbocycles. The summed E-state index contributed by atoms with van der Waals surface area (Å²) < 4.78 is 13.4. The highest BCUT2D eigenvalue weighted by Gasteiger charge is 2.52. The number of hydrogen-bond acceptors (Lipinski definition) is 3. The average Bonchev–Trinajstić information content (AvgIpc) is 4.15. The van der Waals surface area contributed by atoms with Crippen LogP contribution in [0.4, 0.5) is 17.1 Å². The van der Waals surface area contributed by atoms with Crippen LogP contribution in [0.2, 0.25) is 0 Å². The number of benzene rings is 12. The van der Waals surface area contributed by atoms with Gasteiger partial charge in [-0.25, -0.2) is 0 Å². The van der Waals surface area contributed by atoms with Crippen molar-refractivity contribution in [2.24, 2.45) is 0 Å². The summed E-state index contributed by atoms with van der Waals surface area (Å²) in [4.78, 5) is 2.51. The fourth-order valence-electron chi connectivity index (χ4n) is 13.8. The molecule has 2 spiro atoms. The first kappa shape index (κ1) is 43.4. The van der Waals surface area contributed by atoms with Crippen molar-refractivity contribution in [1.29, 1.82) is 0 Å². The van der Waals surface area contributed by atoms with Crippen LogP contribution < -0.4 is 14.4 Å². The zero-order valence-electron chi connectivity index (χ0n) is 41.9. The molecule has 0 saturated heterocycles. The Morgan fingerprint density at radius 1 is 0.208 bits per heavy atom. The molecule has 4 aliphatic rings. The normalized spacial score (nSPS) is 13.9. The number of ether oxygens (including phenoxy) is 2. The molecule has 0 amide bonds. The van der Waals surface area contributed by atoms with E-state index in [1.165, 1.54) is 44.5 Å². The minimum absolute atomic E-state index is 0.556. The number of anilines is 3. The summed E-state index contributed by atoms with van der Waals surface area (Å²) in [5.41, 5.74) is 23.4. The first-order valence-corrected chi connectivity index (χ1v) is 26.6. The third-order valence-corrected chi connectivity index (χ3v) is 16.8. The predicted molar refractivity (Wildman–Crippen MR) is 312 cm³/mol. The quantitative estimate of drug-likeness (QED) is 0.166. The standard InChI is InChI=1S/C74H47NO2/c1-2-22-48(23-3-1)51-24-6-15-35-66(51)75(67-36-16-7-25-52(67)49-43-45-60-57(46-49)55-28-5-10-30-59(55)73(60)61-31-11-18-38-69(61)76-70-39-19-12-32-62(70)73)68-37-17-8-26-53(68)50-42-44-56-54-27-4-9-29-58(54)74(65(56)47-50)63-33-13-20-40-71(63)77-72-41-21-14-34-64(72)74/h1-47H. The summed E-state index contributed by atoms with van der Waals surface area (Å²) in [5, 5.41) is 0. The molecule has 12 aromatic rings. The predicted octanol–water partition coefficient (Wildman–Crippen LogP) is 19.1. The number of nitrogens with zero attached hydrogens (tertiary/aromatic N) is 1. The number of rotatable bonds is 6. The van der Waals surface area contributed by atoms with Crippen LogP contribution in [-0.4, -0.2) is 0 Å². The van der Waals surface area contributed by atoms with Crippen molar-refractivity contribution in [2.75, 3.05) is 4.90 Å². The van der Waals surface area contributed by atoms with E-state index in [0.717, 1.165) is 95.7 Å². The molecule has 0 atom stereocenters. The highest BCUT2D eigenvalue weighted by Crippen LogP contribution is 2.64. The topological polar surface area (TPSA) is 21.7 Å². The Bertz CT molecular complexity index is 4290. The molecular weight excluding hydrogens is 935 g/mol. The Morgan fingerprint density at radius 2 is 0.532 bits per heavy atom. The van der Waals surface area contributed by atoms with Crippen molar-refractivity contribution in [1.82, 2.24) is 0 Å². The minimum atomic E-state index is -0.603. The molecule has 3 nitrogen and oxygen atoms in total. The fraction of sp³-hybridized carbons (Fsp3) is 0.0270. The zero-order chi connectivity index (χ0) is 50.7. The van der Waals surface area contributed by atoms with Gasteiger partial charge in [0, 0.05) is 38.9 Å². The van der Waals surface area contributed by atoms with E-state index >= 15 is 0 Å². The van der Waals surface area contributed by atoms with Gasteiger partial charge in [0.1, 0.15) is 23.0 Å². The van der Waals surface area contributed by atoms with Gasteiger partial charge in [-0.1, -0.05) is 231 Å². The van der Waals surface area contributed by atoms with Crippen LogP contribution in [0.3, 0.4) is 0 Å². The van der Waals surface area contributed by atoms with Gasteiger partial charge in [0.25, 0.3) is 0 Å². The second-order valence-corrected chi connectivity index (χ2v) is 20.6. The Labute approximate surface area is 448 Å². The van der Waals surface area contributed by atoms with E-state index in [4.69, 9.17) is 9.47 Å². The third kappa shape index (κ3) is 6.08. The highest BCUT2D eigenvalue weighted by molar-refractivity contribution is 6.00. The molecule has 3 heteroatoms. The fourth-order valence-corrected chi connectivity index (χ4v) is 13.8. The highest BCUT2D eigenvalue weighted by atomic mass is 16.5. The van der Waals surface area contributed by atoms with Crippen molar-refractivity contribution in [3.63, 3.8) is 0 Å². The molecule has 0 radical (unpaired) electrons. The van der Waals surface area contributed by atoms with Crippen LogP contribution in [0, 0.1) is 0 Å². The Hall–Kier alpha value is -9.96. The van der Waals surface area contributed by atoms with Crippen molar-refractivity contribution < 1.29 is 9.47 Å². The van der Waals surface area contributed by atoms with Crippen molar-refractivity contribution >= 4 is 17.1 Å². The van der Waals surface area contributed by atoms with Crippen LogP contribution in [0.25, 0.3) is 55.6 Å². The lowest BCUT2D eigenvalue weighted by molar-refractivity contribution is 0.436. The summed E-state index contributed by atoms with van der Waals surface area (Å²) in [5.74, 6) is 3.54. The van der Waals surface area contributed by atoms with Crippen molar-refractivity contribution in [3.05, 3.63) is 330 Å². The summed E-state index contributed by atoms with van der Waals surface area (Å²) in [7, 11) is 0. The lowest BCUT2D eigenvalue weighted by Crippen LogP contribution is -2.32. The maximum absolute atomic E-state index is 6.74. The molecule has 2 aliphatic carbocycles. The van der Waals surface area contributed by atoms with E-state index in [0.29, 0.717) is 0 Å². The maximum atomic E-state index is 6.74. The van der Waals surface area contributed by atoms with Gasteiger partial charge in [-0.15, -0.1) is 0 Å². The van der Waals surface area contributed by atoms with E-state index in [2.05, 4.69) is 290 Å². The molecule has 16 rings (SSSR count). The van der Waals surface area contributed by atoms with E-state index in [9.17, 15) is 0 Å². The van der Waals surface area contributed by atoms with Gasteiger partial charge >= 0.3 is 0 Å². The van der Waals surface area contributed by atoms with Crippen LogP contribution >= 0.6 is 0 Å². The molecule has 0 fully saturated rings. The second kappa shape index (κ2) is 16.8. The van der Waals surface area contributed by atoms with Crippen molar-refractivity contribution in [2.45, 2.75) is 10.8 Å². The molecule has 360 valence electrons. The van der Waals surface area contributed by atoms with Gasteiger partial charge < -0.3 is 14.4 Å². The van der Waals surface area contributed by atoms with Gasteiger partial charge in [0.05, 0.1) is 27.9 Å². The van der Waals surface area contributed by atoms with Crippen LogP contribution in [-0.2, 0) is 10.8 Å². The van der Waals surface area contributed by atoms with E-state index in [-0.39, 0.29) is 0 Å². The summed E-state index contributed by atoms with van der Waals surface area (Å²) in [6.45, 7) is 0. The maximum Gasteiger partial charge on any atom is 0.132 e. The Balaban J connectivity index is 0.924. The van der Waals surface area contributed by atoms with E-state index in [1.807, 2.05) is 0 Å². The van der Waals surface area contributed by atoms with Crippen LogP contribution in [0.5, 0.6) is 23.0 Å². The average molecular weight is 982 g/mol. The first-order chi connectivity index (χ1) is 38.2. The van der Waals surface area contributed by atoms with Gasteiger partial charge in [-0.05, 0) is 116 Å². The molecule has 0 bridgehead atoms. The SMILES string of the molecule is c1ccc(-c2ccccc2N(c2ccccc2-c2ccc3c(c2)-c2ccccc2C32c3ccccc3Oc3ccccc32)c2ccccc2-c2ccc3c(c2)C2(c4ccccc4Oc4ccccc42)c2ccccc2-3)cc1. The molecule has 2 aliphatic heterocycles. The molecule has 0 unspecified atom stereocenters. The molecule has 2 heterocycles. The number of hydrogen-bond donors (Lipinski definition) is 0.